The standard InChI is InChI=1S/C15H23NO/c1-15(2,3)14(17)11-16-9-8-12-6-4-5-7-13(12)10-16/h4-7,14,17H,8-11H2,1-3H3. The van der Waals surface area contributed by atoms with Gasteiger partial charge in [0.2, 0.25) is 0 Å². The molecule has 1 atom stereocenters. The first-order chi connectivity index (χ1) is 7.97. The molecule has 0 bridgehead atoms. The van der Waals surface area contributed by atoms with Crippen LogP contribution in [-0.4, -0.2) is 29.2 Å². The van der Waals surface area contributed by atoms with Gasteiger partial charge in [-0.25, -0.2) is 0 Å². The van der Waals surface area contributed by atoms with E-state index < -0.39 is 0 Å². The maximum atomic E-state index is 10.1. The molecule has 2 heteroatoms. The molecule has 1 aliphatic heterocycles. The molecule has 1 aliphatic rings. The van der Waals surface area contributed by atoms with E-state index in [-0.39, 0.29) is 11.5 Å². The van der Waals surface area contributed by atoms with E-state index in [0.717, 1.165) is 26.1 Å². The second-order valence-electron chi connectivity index (χ2n) is 6.14. The largest absolute Gasteiger partial charge is 0.391 e. The van der Waals surface area contributed by atoms with Crippen LogP contribution < -0.4 is 0 Å². The predicted molar refractivity (Wildman–Crippen MR) is 70.9 cm³/mol. The van der Waals surface area contributed by atoms with Gasteiger partial charge in [-0.3, -0.25) is 4.90 Å². The van der Waals surface area contributed by atoms with Crippen LogP contribution in [0.5, 0.6) is 0 Å². The van der Waals surface area contributed by atoms with Crippen molar-refractivity contribution in [2.45, 2.75) is 39.8 Å². The van der Waals surface area contributed by atoms with Gasteiger partial charge < -0.3 is 5.11 Å². The van der Waals surface area contributed by atoms with Crippen LogP contribution in [0, 0.1) is 5.41 Å². The number of hydrogen-bond donors (Lipinski definition) is 1. The third kappa shape index (κ3) is 3.08. The van der Waals surface area contributed by atoms with Crippen LogP contribution in [0.15, 0.2) is 24.3 Å². The number of fused-ring (bicyclic) bond motifs is 1. The predicted octanol–water partition coefficient (Wildman–Crippen LogP) is 2.45. The van der Waals surface area contributed by atoms with E-state index in [2.05, 4.69) is 49.9 Å². The van der Waals surface area contributed by atoms with Gasteiger partial charge in [0, 0.05) is 19.6 Å². The Morgan fingerprint density at radius 1 is 1.24 bits per heavy atom. The molecule has 0 aromatic heterocycles. The van der Waals surface area contributed by atoms with Gasteiger partial charge in [-0.2, -0.15) is 0 Å². The van der Waals surface area contributed by atoms with Gasteiger partial charge in [-0.15, -0.1) is 0 Å². The zero-order chi connectivity index (χ0) is 12.5. The Bertz CT molecular complexity index is 381. The maximum Gasteiger partial charge on any atom is 0.0715 e. The van der Waals surface area contributed by atoms with Crippen LogP contribution in [0.3, 0.4) is 0 Å². The molecule has 1 N–H and O–H groups in total. The second-order valence-corrected chi connectivity index (χ2v) is 6.14. The van der Waals surface area contributed by atoms with Crippen molar-refractivity contribution in [3.8, 4) is 0 Å². The summed E-state index contributed by atoms with van der Waals surface area (Å²) in [5, 5.41) is 10.1. The highest BCUT2D eigenvalue weighted by Crippen LogP contribution is 2.23. The molecule has 0 saturated carbocycles. The monoisotopic (exact) mass is 233 g/mol. The van der Waals surface area contributed by atoms with Crippen molar-refractivity contribution in [1.29, 1.82) is 0 Å². The van der Waals surface area contributed by atoms with Crippen molar-refractivity contribution in [3.05, 3.63) is 35.4 Å². The summed E-state index contributed by atoms with van der Waals surface area (Å²) >= 11 is 0. The van der Waals surface area contributed by atoms with Crippen molar-refractivity contribution in [2.75, 3.05) is 13.1 Å². The molecule has 0 saturated heterocycles. The highest BCUT2D eigenvalue weighted by Gasteiger charge is 2.26. The van der Waals surface area contributed by atoms with E-state index in [4.69, 9.17) is 0 Å². The minimum atomic E-state index is -0.257. The van der Waals surface area contributed by atoms with Crippen LogP contribution in [0.1, 0.15) is 31.9 Å². The summed E-state index contributed by atoms with van der Waals surface area (Å²) in [5.74, 6) is 0. The summed E-state index contributed by atoms with van der Waals surface area (Å²) in [6.45, 7) is 9.09. The smallest absolute Gasteiger partial charge is 0.0715 e. The van der Waals surface area contributed by atoms with Crippen LogP contribution in [0.25, 0.3) is 0 Å². The molecule has 1 heterocycles. The van der Waals surface area contributed by atoms with Crippen LogP contribution >= 0.6 is 0 Å². The normalized spacial score (nSPS) is 18.8. The maximum absolute atomic E-state index is 10.1. The van der Waals surface area contributed by atoms with Gasteiger partial charge in [0.25, 0.3) is 0 Å². The molecule has 0 aliphatic carbocycles. The number of rotatable bonds is 2. The Labute approximate surface area is 104 Å². The molecular weight excluding hydrogens is 210 g/mol. The average molecular weight is 233 g/mol. The van der Waals surface area contributed by atoms with Gasteiger partial charge in [0.1, 0.15) is 0 Å². The summed E-state index contributed by atoms with van der Waals surface area (Å²) in [6.07, 6.45) is 0.848. The lowest BCUT2D eigenvalue weighted by molar-refractivity contribution is 0.0247. The van der Waals surface area contributed by atoms with Crippen LogP contribution in [-0.2, 0) is 13.0 Å². The molecule has 0 fully saturated rings. The van der Waals surface area contributed by atoms with Crippen molar-refractivity contribution in [2.24, 2.45) is 5.41 Å². The summed E-state index contributed by atoms with van der Waals surface area (Å²) < 4.78 is 0. The van der Waals surface area contributed by atoms with Gasteiger partial charge in [-0.1, -0.05) is 45.0 Å². The van der Waals surface area contributed by atoms with Crippen LogP contribution in [0.4, 0.5) is 0 Å². The third-order valence-corrected chi connectivity index (χ3v) is 3.64. The van der Waals surface area contributed by atoms with Crippen molar-refractivity contribution in [1.82, 2.24) is 4.90 Å². The molecular formula is C15H23NO. The highest BCUT2D eigenvalue weighted by atomic mass is 16.3. The summed E-state index contributed by atoms with van der Waals surface area (Å²) in [5.41, 5.74) is 2.85. The van der Waals surface area contributed by atoms with Gasteiger partial charge in [-0.05, 0) is 23.0 Å². The number of hydrogen-bond acceptors (Lipinski definition) is 2. The average Bonchev–Trinajstić information content (AvgIpc) is 2.27. The Morgan fingerprint density at radius 2 is 1.88 bits per heavy atom. The number of aliphatic hydroxyl groups excluding tert-OH is 1. The molecule has 94 valence electrons. The van der Waals surface area contributed by atoms with E-state index in [1.165, 1.54) is 11.1 Å². The molecule has 2 rings (SSSR count). The van der Waals surface area contributed by atoms with E-state index in [0.29, 0.717) is 0 Å². The number of benzene rings is 1. The molecule has 0 spiro atoms. The topological polar surface area (TPSA) is 23.5 Å². The third-order valence-electron chi connectivity index (χ3n) is 3.64. The number of aliphatic hydroxyl groups is 1. The fraction of sp³-hybridized carbons (Fsp3) is 0.600. The zero-order valence-corrected chi connectivity index (χ0v) is 11.1. The lowest BCUT2D eigenvalue weighted by Gasteiger charge is -2.34. The van der Waals surface area contributed by atoms with E-state index in [9.17, 15) is 5.11 Å². The van der Waals surface area contributed by atoms with Gasteiger partial charge in [0.05, 0.1) is 6.10 Å². The minimum absolute atomic E-state index is 0.0308. The lowest BCUT2D eigenvalue weighted by atomic mass is 9.88. The summed E-state index contributed by atoms with van der Waals surface area (Å²) in [4.78, 5) is 2.36. The summed E-state index contributed by atoms with van der Waals surface area (Å²) in [6, 6.07) is 8.62. The fourth-order valence-electron chi connectivity index (χ4n) is 2.23. The Morgan fingerprint density at radius 3 is 2.53 bits per heavy atom. The second kappa shape index (κ2) is 4.79. The van der Waals surface area contributed by atoms with Crippen molar-refractivity contribution >= 4 is 0 Å². The molecule has 0 amide bonds. The Hall–Kier alpha value is -0.860. The Kier molecular flexibility index (Phi) is 3.55. The van der Waals surface area contributed by atoms with E-state index >= 15 is 0 Å². The molecule has 0 radical (unpaired) electrons. The molecule has 2 nitrogen and oxygen atoms in total. The molecule has 1 aromatic rings. The van der Waals surface area contributed by atoms with Crippen molar-refractivity contribution < 1.29 is 5.11 Å². The SMILES string of the molecule is CC(C)(C)C(O)CN1CCc2ccccc2C1. The molecule has 17 heavy (non-hydrogen) atoms. The zero-order valence-electron chi connectivity index (χ0n) is 11.1. The summed E-state index contributed by atoms with van der Waals surface area (Å²) in [7, 11) is 0. The first-order valence-corrected chi connectivity index (χ1v) is 6.44. The van der Waals surface area contributed by atoms with E-state index in [1.807, 2.05) is 0 Å². The fourth-order valence-corrected chi connectivity index (χ4v) is 2.23. The van der Waals surface area contributed by atoms with E-state index in [1.54, 1.807) is 0 Å². The molecule has 1 unspecified atom stereocenters. The lowest BCUT2D eigenvalue weighted by Crippen LogP contribution is -2.41. The molecule has 1 aromatic carbocycles. The van der Waals surface area contributed by atoms with Crippen molar-refractivity contribution in [3.63, 3.8) is 0 Å². The Balaban J connectivity index is 1.99. The first-order valence-electron chi connectivity index (χ1n) is 6.44. The first kappa shape index (κ1) is 12.6. The van der Waals surface area contributed by atoms with Gasteiger partial charge >= 0.3 is 0 Å². The quantitative estimate of drug-likeness (QED) is 0.848. The minimum Gasteiger partial charge on any atom is -0.391 e. The highest BCUT2D eigenvalue weighted by molar-refractivity contribution is 5.29. The van der Waals surface area contributed by atoms with Crippen LogP contribution in [0.2, 0.25) is 0 Å². The number of β-amino-alcohol motifs (C(OH)–C–C–N with tert-alkyl or cyclic N) is 1. The van der Waals surface area contributed by atoms with Gasteiger partial charge in [0.15, 0.2) is 0 Å². The number of nitrogens with zero attached hydrogens (tertiary/aromatic N) is 1.